The number of aromatic amines is 1. The van der Waals surface area contributed by atoms with Crippen LogP contribution in [0.2, 0.25) is 0 Å². The highest BCUT2D eigenvalue weighted by molar-refractivity contribution is 5.94. The summed E-state index contributed by atoms with van der Waals surface area (Å²) in [5.74, 6) is -1.39. The second kappa shape index (κ2) is 7.86. The molecule has 31 heavy (non-hydrogen) atoms. The summed E-state index contributed by atoms with van der Waals surface area (Å²) < 4.78 is 39.4. The molecule has 160 valence electrons. The third kappa shape index (κ3) is 4.01. The first-order valence-corrected chi connectivity index (χ1v) is 9.59. The number of hydrogen-bond acceptors (Lipinski definition) is 6. The van der Waals surface area contributed by atoms with Gasteiger partial charge in [0.25, 0.3) is 0 Å². The molecule has 1 aliphatic carbocycles. The average molecular weight is 430 g/mol. The van der Waals surface area contributed by atoms with Gasteiger partial charge in [0.1, 0.15) is 11.7 Å². The fourth-order valence-corrected chi connectivity index (χ4v) is 3.86. The number of aromatic nitrogens is 4. The van der Waals surface area contributed by atoms with E-state index in [4.69, 9.17) is 0 Å². The molecule has 0 unspecified atom stereocenters. The molecule has 3 aromatic rings. The van der Waals surface area contributed by atoms with E-state index >= 15 is 0 Å². The van der Waals surface area contributed by atoms with Crippen LogP contribution in [-0.2, 0) is 11.0 Å². The summed E-state index contributed by atoms with van der Waals surface area (Å²) in [6.07, 6.45) is 1.70. The molecule has 3 aromatic heterocycles. The third-order valence-corrected chi connectivity index (χ3v) is 5.42. The Morgan fingerprint density at radius 1 is 1.26 bits per heavy atom. The zero-order valence-electron chi connectivity index (χ0n) is 16.1. The van der Waals surface area contributed by atoms with Gasteiger partial charge < -0.3 is 15.4 Å². The van der Waals surface area contributed by atoms with Crippen LogP contribution in [0.5, 0.6) is 0 Å². The SMILES string of the molecule is N#Cc1cnc(N[C@H]2CCCC[C@@H]2C(=O)O)nc1-c1c[nH]c2ncc(C(F)(F)F)cc12. The fraction of sp³-hybridized carbons (Fsp3) is 0.350. The predicted molar refractivity (Wildman–Crippen MR) is 104 cm³/mol. The Labute approximate surface area is 174 Å². The van der Waals surface area contributed by atoms with E-state index in [1.165, 1.54) is 12.4 Å². The Kier molecular flexibility index (Phi) is 5.22. The van der Waals surface area contributed by atoms with Crippen molar-refractivity contribution in [3.05, 3.63) is 35.8 Å². The number of pyridine rings is 1. The van der Waals surface area contributed by atoms with Crippen molar-refractivity contribution in [2.24, 2.45) is 5.92 Å². The first-order valence-electron chi connectivity index (χ1n) is 9.59. The maximum atomic E-state index is 13.1. The van der Waals surface area contributed by atoms with Crippen LogP contribution >= 0.6 is 0 Å². The van der Waals surface area contributed by atoms with Gasteiger partial charge in [-0.15, -0.1) is 0 Å². The Morgan fingerprint density at radius 2 is 2.03 bits per heavy atom. The Bertz CT molecular complexity index is 1180. The number of carboxylic acids is 1. The van der Waals surface area contributed by atoms with E-state index in [-0.39, 0.29) is 39.8 Å². The maximum Gasteiger partial charge on any atom is 0.417 e. The maximum absolute atomic E-state index is 13.1. The summed E-state index contributed by atoms with van der Waals surface area (Å²) in [5.41, 5.74) is -0.220. The van der Waals surface area contributed by atoms with Gasteiger partial charge in [-0.1, -0.05) is 12.8 Å². The lowest BCUT2D eigenvalue weighted by atomic mass is 9.84. The van der Waals surface area contributed by atoms with Crippen LogP contribution in [0.15, 0.2) is 24.7 Å². The van der Waals surface area contributed by atoms with Crippen LogP contribution in [0.3, 0.4) is 0 Å². The predicted octanol–water partition coefficient (Wildman–Crippen LogP) is 3.97. The van der Waals surface area contributed by atoms with Gasteiger partial charge in [0.15, 0.2) is 0 Å². The summed E-state index contributed by atoms with van der Waals surface area (Å²) in [5, 5.41) is 22.1. The Morgan fingerprint density at radius 3 is 2.74 bits per heavy atom. The molecule has 4 rings (SSSR count). The van der Waals surface area contributed by atoms with Crippen LogP contribution in [0.4, 0.5) is 19.1 Å². The van der Waals surface area contributed by atoms with E-state index in [9.17, 15) is 28.3 Å². The van der Waals surface area contributed by atoms with E-state index in [2.05, 4.69) is 25.3 Å². The molecule has 0 radical (unpaired) electrons. The van der Waals surface area contributed by atoms with Gasteiger partial charge in [-0.3, -0.25) is 4.79 Å². The number of hydrogen-bond donors (Lipinski definition) is 3. The number of H-pyrrole nitrogens is 1. The molecule has 0 saturated heterocycles. The normalized spacial score (nSPS) is 19.2. The lowest BCUT2D eigenvalue weighted by Gasteiger charge is -2.29. The molecule has 11 heteroatoms. The van der Waals surface area contributed by atoms with Crippen molar-refractivity contribution < 1.29 is 23.1 Å². The number of carboxylic acid groups (broad SMARTS) is 1. The molecule has 3 N–H and O–H groups in total. The number of halogens is 3. The molecule has 8 nitrogen and oxygen atoms in total. The monoisotopic (exact) mass is 430 g/mol. The number of rotatable bonds is 4. The van der Waals surface area contributed by atoms with E-state index in [1.54, 1.807) is 0 Å². The lowest BCUT2D eigenvalue weighted by molar-refractivity contribution is -0.143. The molecule has 0 spiro atoms. The molecule has 0 aromatic carbocycles. The zero-order valence-corrected chi connectivity index (χ0v) is 16.1. The Hall–Kier alpha value is -3.68. The summed E-state index contributed by atoms with van der Waals surface area (Å²) in [7, 11) is 0. The highest BCUT2D eigenvalue weighted by Gasteiger charge is 2.33. The zero-order chi connectivity index (χ0) is 22.2. The standard InChI is InChI=1S/C20H17F3N6O2/c21-20(22,23)11-5-13-14(9-26-17(13)25-8-11)16-10(6-24)7-27-19(29-16)28-15-4-2-1-3-12(15)18(30)31/h5,7-9,12,15H,1-4H2,(H,25,26)(H,30,31)(H,27,28,29)/t12-,15-/m0/s1. The van der Waals surface area contributed by atoms with Gasteiger partial charge in [-0.2, -0.15) is 18.4 Å². The van der Waals surface area contributed by atoms with Gasteiger partial charge in [-0.25, -0.2) is 15.0 Å². The van der Waals surface area contributed by atoms with Crippen molar-refractivity contribution in [1.82, 2.24) is 19.9 Å². The van der Waals surface area contributed by atoms with Crippen LogP contribution in [0.25, 0.3) is 22.3 Å². The van der Waals surface area contributed by atoms with Crippen LogP contribution < -0.4 is 5.32 Å². The molecular formula is C20H17F3N6O2. The van der Waals surface area contributed by atoms with Gasteiger partial charge in [-0.05, 0) is 18.9 Å². The molecule has 0 bridgehead atoms. The van der Waals surface area contributed by atoms with Crippen molar-refractivity contribution in [2.75, 3.05) is 5.32 Å². The second-order valence-corrected chi connectivity index (χ2v) is 7.37. The van der Waals surface area contributed by atoms with Crippen LogP contribution in [0, 0.1) is 17.2 Å². The number of aliphatic carboxylic acids is 1. The lowest BCUT2D eigenvalue weighted by Crippen LogP contribution is -2.37. The number of fused-ring (bicyclic) bond motifs is 1. The van der Waals surface area contributed by atoms with Gasteiger partial charge in [0, 0.05) is 29.4 Å². The molecule has 2 atom stereocenters. The van der Waals surface area contributed by atoms with Gasteiger partial charge in [0.2, 0.25) is 5.95 Å². The van der Waals surface area contributed by atoms with Crippen LogP contribution in [0.1, 0.15) is 36.8 Å². The largest absolute Gasteiger partial charge is 0.481 e. The van der Waals surface area contributed by atoms with E-state index in [0.29, 0.717) is 12.8 Å². The van der Waals surface area contributed by atoms with Gasteiger partial charge in [0.05, 0.1) is 28.9 Å². The molecule has 3 heterocycles. The molecule has 0 amide bonds. The molecule has 1 saturated carbocycles. The minimum atomic E-state index is -4.57. The first-order chi connectivity index (χ1) is 14.8. The van der Waals surface area contributed by atoms with Crippen molar-refractivity contribution in [2.45, 2.75) is 37.9 Å². The third-order valence-electron chi connectivity index (χ3n) is 5.42. The second-order valence-electron chi connectivity index (χ2n) is 7.37. The molecule has 1 aliphatic rings. The first kappa shape index (κ1) is 20.6. The van der Waals surface area contributed by atoms with Crippen molar-refractivity contribution in [1.29, 1.82) is 5.26 Å². The molecule has 1 fully saturated rings. The highest BCUT2D eigenvalue weighted by atomic mass is 19.4. The number of anilines is 1. The van der Waals surface area contributed by atoms with Crippen molar-refractivity contribution >= 4 is 23.0 Å². The molecular weight excluding hydrogens is 413 g/mol. The minimum absolute atomic E-state index is 0.0716. The number of nitrogens with zero attached hydrogens (tertiary/aromatic N) is 4. The summed E-state index contributed by atoms with van der Waals surface area (Å²) in [6.45, 7) is 0. The topological polar surface area (TPSA) is 128 Å². The summed E-state index contributed by atoms with van der Waals surface area (Å²) in [4.78, 5) is 26.6. The Balaban J connectivity index is 1.75. The number of alkyl halides is 3. The minimum Gasteiger partial charge on any atom is -0.481 e. The number of carbonyl (C=O) groups is 1. The van der Waals surface area contributed by atoms with Crippen molar-refractivity contribution in [3.63, 3.8) is 0 Å². The van der Waals surface area contributed by atoms with Gasteiger partial charge >= 0.3 is 12.1 Å². The molecule has 0 aliphatic heterocycles. The number of nitrogens with one attached hydrogen (secondary N) is 2. The summed E-state index contributed by atoms with van der Waals surface area (Å²) in [6, 6.07) is 2.52. The summed E-state index contributed by atoms with van der Waals surface area (Å²) >= 11 is 0. The van der Waals surface area contributed by atoms with Crippen LogP contribution in [-0.4, -0.2) is 37.1 Å². The van der Waals surface area contributed by atoms with E-state index in [1.807, 2.05) is 6.07 Å². The van der Waals surface area contributed by atoms with E-state index in [0.717, 1.165) is 25.1 Å². The average Bonchev–Trinajstić information content (AvgIpc) is 3.16. The fourth-order valence-electron chi connectivity index (χ4n) is 3.86. The van der Waals surface area contributed by atoms with E-state index < -0.39 is 23.6 Å². The highest BCUT2D eigenvalue weighted by Crippen LogP contribution is 2.35. The quantitative estimate of drug-likeness (QED) is 0.571. The smallest absolute Gasteiger partial charge is 0.417 e. The number of nitriles is 1. The van der Waals surface area contributed by atoms with Crippen molar-refractivity contribution in [3.8, 4) is 17.3 Å².